The van der Waals surface area contributed by atoms with Gasteiger partial charge in [0.25, 0.3) is 11.1 Å². The molecule has 1 aliphatic heterocycles. The molecule has 2 N–H and O–H groups in total. The van der Waals surface area contributed by atoms with Gasteiger partial charge in [-0.3, -0.25) is 27.6 Å². The molecular formula is C27H27FN6O5S. The number of nitrogens with one attached hydrogen (secondary N) is 2. The van der Waals surface area contributed by atoms with E-state index in [4.69, 9.17) is 0 Å². The number of hydrogen-bond acceptors (Lipinski definition) is 6. The minimum atomic E-state index is -3.74. The summed E-state index contributed by atoms with van der Waals surface area (Å²) in [6.45, 7) is 3.71. The Morgan fingerprint density at radius 3 is 2.38 bits per heavy atom. The molecule has 2 aliphatic rings. The Kier molecular flexibility index (Phi) is 5.96. The van der Waals surface area contributed by atoms with Gasteiger partial charge < -0.3 is 5.32 Å². The standard InChI is InChI=1S/C27H27FN6O5S/c1-15-7-10-21(20(28)13-15)30-24-22-23(16(2)25(35)31(24)3)33(27(37)34(26(22)36)17-8-9-17)19-6-4-5-18(14-19)32-12-11-29-40(32,38)39/h4-7,10,13-14,17,29-30H,8-9,11-12H2,1-3H3. The van der Waals surface area contributed by atoms with E-state index in [1.165, 1.54) is 50.2 Å². The Morgan fingerprint density at radius 1 is 1.00 bits per heavy atom. The molecule has 0 bridgehead atoms. The number of fused-ring (bicyclic) bond motifs is 1. The van der Waals surface area contributed by atoms with Crippen LogP contribution in [0.2, 0.25) is 0 Å². The van der Waals surface area contributed by atoms with Gasteiger partial charge in [0.15, 0.2) is 0 Å². The highest BCUT2D eigenvalue weighted by atomic mass is 32.2. The molecule has 1 saturated heterocycles. The zero-order valence-electron chi connectivity index (χ0n) is 22.1. The van der Waals surface area contributed by atoms with Crippen LogP contribution in [0.3, 0.4) is 0 Å². The quantitative estimate of drug-likeness (QED) is 0.382. The molecule has 2 aromatic carbocycles. The lowest BCUT2D eigenvalue weighted by Crippen LogP contribution is -2.41. The van der Waals surface area contributed by atoms with E-state index in [-0.39, 0.29) is 52.8 Å². The minimum absolute atomic E-state index is 0.0454. The summed E-state index contributed by atoms with van der Waals surface area (Å²) in [6.07, 6.45) is 1.27. The van der Waals surface area contributed by atoms with Crippen LogP contribution in [0.5, 0.6) is 0 Å². The topological polar surface area (TPSA) is 127 Å². The minimum Gasteiger partial charge on any atom is -0.338 e. The molecule has 2 fully saturated rings. The van der Waals surface area contributed by atoms with Crippen LogP contribution in [0.1, 0.15) is 30.0 Å². The van der Waals surface area contributed by atoms with Crippen molar-refractivity contribution in [2.45, 2.75) is 32.7 Å². The number of halogens is 1. The van der Waals surface area contributed by atoms with Crippen molar-refractivity contribution in [3.63, 3.8) is 0 Å². The van der Waals surface area contributed by atoms with Crippen molar-refractivity contribution in [2.75, 3.05) is 22.7 Å². The third-order valence-electron chi connectivity index (χ3n) is 7.40. The summed E-state index contributed by atoms with van der Waals surface area (Å²) >= 11 is 0. The molecule has 0 unspecified atom stereocenters. The fraction of sp³-hybridized carbons (Fsp3) is 0.296. The molecule has 3 heterocycles. The average Bonchev–Trinajstić information content (AvgIpc) is 3.67. The van der Waals surface area contributed by atoms with Crippen LogP contribution in [0, 0.1) is 19.7 Å². The predicted octanol–water partition coefficient (Wildman–Crippen LogP) is 2.34. The SMILES string of the molecule is Cc1ccc(Nc2c3c(=O)n(C4CC4)c(=O)n(-c4cccc(N5CCNS5(=O)=O)c4)c3c(C)c(=O)n2C)c(F)c1. The monoisotopic (exact) mass is 566 g/mol. The number of pyridine rings is 1. The molecular weight excluding hydrogens is 539 g/mol. The number of rotatable bonds is 5. The van der Waals surface area contributed by atoms with Crippen LogP contribution in [-0.4, -0.2) is 35.2 Å². The molecule has 0 amide bonds. The van der Waals surface area contributed by atoms with Gasteiger partial charge in [-0.1, -0.05) is 12.1 Å². The number of benzene rings is 2. The van der Waals surface area contributed by atoms with Crippen LogP contribution >= 0.6 is 0 Å². The van der Waals surface area contributed by atoms with Gasteiger partial charge in [-0.25, -0.2) is 9.18 Å². The summed E-state index contributed by atoms with van der Waals surface area (Å²) in [6, 6.07) is 10.6. The van der Waals surface area contributed by atoms with Gasteiger partial charge in [0, 0.05) is 31.7 Å². The molecule has 1 saturated carbocycles. The maximum absolute atomic E-state index is 14.9. The van der Waals surface area contributed by atoms with Crippen molar-refractivity contribution in [2.24, 2.45) is 7.05 Å². The Bertz CT molecular complexity index is 2010. The first kappa shape index (κ1) is 26.0. The highest BCUT2D eigenvalue weighted by Gasteiger charge is 2.32. The van der Waals surface area contributed by atoms with E-state index < -0.39 is 32.8 Å². The Balaban J connectivity index is 1.69. The Labute approximate surface area is 228 Å². The molecule has 6 rings (SSSR count). The zero-order valence-corrected chi connectivity index (χ0v) is 22.9. The molecule has 0 atom stereocenters. The molecule has 4 aromatic rings. The number of anilines is 3. The number of aryl methyl sites for hydroxylation is 2. The summed E-state index contributed by atoms with van der Waals surface area (Å²) in [5.41, 5.74) is -0.114. The van der Waals surface area contributed by atoms with Gasteiger partial charge in [0.05, 0.1) is 22.6 Å². The maximum atomic E-state index is 14.9. The lowest BCUT2D eigenvalue weighted by atomic mass is 10.1. The Morgan fingerprint density at radius 2 is 1.73 bits per heavy atom. The first-order valence-electron chi connectivity index (χ1n) is 12.8. The molecule has 11 nitrogen and oxygen atoms in total. The molecule has 0 spiro atoms. The molecule has 208 valence electrons. The van der Waals surface area contributed by atoms with E-state index >= 15 is 0 Å². The fourth-order valence-electron chi connectivity index (χ4n) is 5.23. The van der Waals surface area contributed by atoms with Gasteiger partial charge in [0.1, 0.15) is 17.0 Å². The average molecular weight is 567 g/mol. The summed E-state index contributed by atoms with van der Waals surface area (Å²) < 4.78 is 47.2. The molecule has 13 heteroatoms. The maximum Gasteiger partial charge on any atom is 0.336 e. The number of aromatic nitrogens is 3. The van der Waals surface area contributed by atoms with Gasteiger partial charge in [-0.05, 0) is 62.6 Å². The molecule has 40 heavy (non-hydrogen) atoms. The zero-order chi connectivity index (χ0) is 28.5. The second-order valence-corrected chi connectivity index (χ2v) is 11.9. The van der Waals surface area contributed by atoms with Crippen molar-refractivity contribution in [1.29, 1.82) is 0 Å². The molecule has 2 aromatic heterocycles. The fourth-order valence-corrected chi connectivity index (χ4v) is 6.46. The van der Waals surface area contributed by atoms with Crippen LogP contribution in [0.4, 0.5) is 21.6 Å². The normalized spacial score (nSPS) is 16.6. The number of nitrogens with zero attached hydrogens (tertiary/aromatic N) is 4. The van der Waals surface area contributed by atoms with Crippen molar-refractivity contribution >= 4 is 38.3 Å². The van der Waals surface area contributed by atoms with E-state index in [1.807, 2.05) is 0 Å². The summed E-state index contributed by atoms with van der Waals surface area (Å²) in [4.78, 5) is 41.3. The van der Waals surface area contributed by atoms with E-state index in [0.717, 1.165) is 0 Å². The Hall–Kier alpha value is -4.23. The lowest BCUT2D eigenvalue weighted by molar-refractivity contribution is 0.591. The van der Waals surface area contributed by atoms with Gasteiger partial charge in [-0.15, -0.1) is 0 Å². The van der Waals surface area contributed by atoms with Gasteiger partial charge in [0.2, 0.25) is 0 Å². The summed E-state index contributed by atoms with van der Waals surface area (Å²) in [5, 5.41) is 2.98. The van der Waals surface area contributed by atoms with Crippen LogP contribution in [0.15, 0.2) is 56.8 Å². The first-order valence-corrected chi connectivity index (χ1v) is 14.3. The van der Waals surface area contributed by atoms with Gasteiger partial charge >= 0.3 is 15.9 Å². The summed E-state index contributed by atoms with van der Waals surface area (Å²) in [5.74, 6) is -0.519. The lowest BCUT2D eigenvalue weighted by Gasteiger charge is -2.22. The van der Waals surface area contributed by atoms with Gasteiger partial charge in [-0.2, -0.15) is 13.1 Å². The second kappa shape index (κ2) is 9.17. The first-order chi connectivity index (χ1) is 19.0. The van der Waals surface area contributed by atoms with E-state index in [9.17, 15) is 27.2 Å². The van der Waals surface area contributed by atoms with E-state index in [0.29, 0.717) is 24.1 Å². The van der Waals surface area contributed by atoms with Crippen molar-refractivity contribution < 1.29 is 12.8 Å². The number of hydrogen-bond donors (Lipinski definition) is 2. The third-order valence-corrected chi connectivity index (χ3v) is 8.94. The highest BCUT2D eigenvalue weighted by molar-refractivity contribution is 7.91. The van der Waals surface area contributed by atoms with Crippen LogP contribution in [0.25, 0.3) is 16.6 Å². The van der Waals surface area contributed by atoms with E-state index in [1.54, 1.807) is 31.2 Å². The second-order valence-electron chi connectivity index (χ2n) is 10.2. The van der Waals surface area contributed by atoms with Crippen molar-refractivity contribution in [3.05, 3.63) is 90.6 Å². The van der Waals surface area contributed by atoms with Crippen LogP contribution in [-0.2, 0) is 17.3 Å². The molecule has 1 aliphatic carbocycles. The van der Waals surface area contributed by atoms with Crippen LogP contribution < -0.4 is 31.2 Å². The summed E-state index contributed by atoms with van der Waals surface area (Å²) in [7, 11) is -2.26. The molecule has 0 radical (unpaired) electrons. The third kappa shape index (κ3) is 4.04. The van der Waals surface area contributed by atoms with Crippen molar-refractivity contribution in [3.8, 4) is 5.69 Å². The smallest absolute Gasteiger partial charge is 0.336 e. The predicted molar refractivity (Wildman–Crippen MR) is 151 cm³/mol. The highest BCUT2D eigenvalue weighted by Crippen LogP contribution is 2.34. The van der Waals surface area contributed by atoms with Crippen molar-refractivity contribution in [1.82, 2.24) is 18.4 Å². The van der Waals surface area contributed by atoms with E-state index in [2.05, 4.69) is 10.0 Å². The largest absolute Gasteiger partial charge is 0.338 e.